The van der Waals surface area contributed by atoms with Crippen LogP contribution in [0.1, 0.15) is 32.1 Å². The lowest BCUT2D eigenvalue weighted by molar-refractivity contribution is 0.147. The summed E-state index contributed by atoms with van der Waals surface area (Å²) in [6.07, 6.45) is 6.23. The molecular formula is C12H20N2O. The fourth-order valence-corrected chi connectivity index (χ4v) is 2.66. The van der Waals surface area contributed by atoms with E-state index in [0.29, 0.717) is 5.92 Å². The quantitative estimate of drug-likeness (QED) is 0.694. The van der Waals surface area contributed by atoms with Crippen molar-refractivity contribution in [2.24, 2.45) is 5.92 Å². The van der Waals surface area contributed by atoms with E-state index in [-0.39, 0.29) is 6.04 Å². The normalized spacial score (nSPS) is 30.7. The average molecular weight is 208 g/mol. The highest BCUT2D eigenvalue weighted by Crippen LogP contribution is 2.23. The van der Waals surface area contributed by atoms with Gasteiger partial charge in [0.15, 0.2) is 0 Å². The van der Waals surface area contributed by atoms with E-state index >= 15 is 0 Å². The zero-order valence-corrected chi connectivity index (χ0v) is 9.32. The third-order valence-corrected chi connectivity index (χ3v) is 3.58. The van der Waals surface area contributed by atoms with Crippen molar-refractivity contribution in [2.45, 2.75) is 38.1 Å². The maximum Gasteiger partial charge on any atom is 0.103 e. The van der Waals surface area contributed by atoms with Gasteiger partial charge in [-0.05, 0) is 32.4 Å². The lowest BCUT2D eigenvalue weighted by atomic mass is 9.98. The van der Waals surface area contributed by atoms with Gasteiger partial charge in [-0.25, -0.2) is 0 Å². The maximum absolute atomic E-state index is 9.28. The van der Waals surface area contributed by atoms with Gasteiger partial charge in [0.2, 0.25) is 0 Å². The SMILES string of the molecule is N#CC(C1CCOC1)N1CCCCCC1. The van der Waals surface area contributed by atoms with Gasteiger partial charge in [-0.2, -0.15) is 5.26 Å². The van der Waals surface area contributed by atoms with Gasteiger partial charge < -0.3 is 4.74 Å². The molecule has 0 spiro atoms. The predicted octanol–water partition coefficient (Wildman–Crippen LogP) is 1.79. The molecule has 0 saturated carbocycles. The number of hydrogen-bond acceptors (Lipinski definition) is 3. The van der Waals surface area contributed by atoms with Crippen molar-refractivity contribution in [1.29, 1.82) is 5.26 Å². The summed E-state index contributed by atoms with van der Waals surface area (Å²) in [7, 11) is 0. The molecule has 2 fully saturated rings. The zero-order valence-electron chi connectivity index (χ0n) is 9.32. The second-order valence-corrected chi connectivity index (χ2v) is 4.65. The minimum absolute atomic E-state index is 0.102. The first kappa shape index (κ1) is 10.9. The fourth-order valence-electron chi connectivity index (χ4n) is 2.66. The first-order chi connectivity index (χ1) is 7.42. The molecule has 15 heavy (non-hydrogen) atoms. The second kappa shape index (κ2) is 5.48. The summed E-state index contributed by atoms with van der Waals surface area (Å²) in [6.45, 7) is 3.84. The Balaban J connectivity index is 1.94. The van der Waals surface area contributed by atoms with Gasteiger partial charge in [0, 0.05) is 12.5 Å². The summed E-state index contributed by atoms with van der Waals surface area (Å²) in [4.78, 5) is 2.38. The Morgan fingerprint density at radius 3 is 2.47 bits per heavy atom. The van der Waals surface area contributed by atoms with Crippen LogP contribution in [0.4, 0.5) is 0 Å². The number of nitrogens with zero attached hydrogens (tertiary/aromatic N) is 2. The molecule has 2 aliphatic rings. The highest BCUT2D eigenvalue weighted by molar-refractivity contribution is 4.98. The second-order valence-electron chi connectivity index (χ2n) is 4.65. The third kappa shape index (κ3) is 2.70. The van der Waals surface area contributed by atoms with Crippen LogP contribution in [-0.2, 0) is 4.74 Å². The van der Waals surface area contributed by atoms with Crippen LogP contribution < -0.4 is 0 Å². The van der Waals surface area contributed by atoms with Crippen LogP contribution in [0.5, 0.6) is 0 Å². The van der Waals surface area contributed by atoms with Crippen molar-refractivity contribution in [3.8, 4) is 6.07 Å². The third-order valence-electron chi connectivity index (χ3n) is 3.58. The molecule has 0 aromatic carbocycles. The Kier molecular flexibility index (Phi) is 3.99. The summed E-state index contributed by atoms with van der Waals surface area (Å²) in [5.74, 6) is 0.452. The summed E-state index contributed by atoms with van der Waals surface area (Å²) >= 11 is 0. The van der Waals surface area contributed by atoms with Gasteiger partial charge >= 0.3 is 0 Å². The van der Waals surface area contributed by atoms with Crippen LogP contribution >= 0.6 is 0 Å². The van der Waals surface area contributed by atoms with E-state index in [2.05, 4.69) is 11.0 Å². The van der Waals surface area contributed by atoms with Gasteiger partial charge in [-0.15, -0.1) is 0 Å². The molecule has 2 saturated heterocycles. The molecule has 0 bridgehead atoms. The summed E-state index contributed by atoms with van der Waals surface area (Å²) < 4.78 is 5.38. The van der Waals surface area contributed by atoms with Crippen molar-refractivity contribution < 1.29 is 4.74 Å². The minimum Gasteiger partial charge on any atom is -0.381 e. The number of hydrogen-bond donors (Lipinski definition) is 0. The topological polar surface area (TPSA) is 36.3 Å². The molecule has 0 aromatic rings. The van der Waals surface area contributed by atoms with Crippen molar-refractivity contribution in [3.63, 3.8) is 0 Å². The van der Waals surface area contributed by atoms with Crippen molar-refractivity contribution in [3.05, 3.63) is 0 Å². The van der Waals surface area contributed by atoms with E-state index in [1.165, 1.54) is 25.7 Å². The molecule has 2 rings (SSSR count). The Bertz CT molecular complexity index is 222. The first-order valence-electron chi connectivity index (χ1n) is 6.13. The van der Waals surface area contributed by atoms with Crippen LogP contribution in [-0.4, -0.2) is 37.2 Å². The van der Waals surface area contributed by atoms with Gasteiger partial charge in [0.25, 0.3) is 0 Å². The van der Waals surface area contributed by atoms with E-state index in [0.717, 1.165) is 32.7 Å². The first-order valence-corrected chi connectivity index (χ1v) is 6.13. The molecule has 0 amide bonds. The molecule has 3 heteroatoms. The fraction of sp³-hybridized carbons (Fsp3) is 0.917. The molecule has 0 aliphatic carbocycles. The van der Waals surface area contributed by atoms with E-state index in [9.17, 15) is 5.26 Å². The molecule has 2 atom stereocenters. The van der Waals surface area contributed by atoms with Crippen molar-refractivity contribution in [1.82, 2.24) is 4.90 Å². The van der Waals surface area contributed by atoms with Crippen LogP contribution in [0.15, 0.2) is 0 Å². The van der Waals surface area contributed by atoms with E-state index in [1.807, 2.05) is 0 Å². The zero-order chi connectivity index (χ0) is 10.5. The summed E-state index contributed by atoms with van der Waals surface area (Å²) in [5.41, 5.74) is 0. The van der Waals surface area contributed by atoms with E-state index in [1.54, 1.807) is 0 Å². The Morgan fingerprint density at radius 1 is 1.20 bits per heavy atom. The lowest BCUT2D eigenvalue weighted by Gasteiger charge is -2.28. The van der Waals surface area contributed by atoms with Crippen molar-refractivity contribution in [2.75, 3.05) is 26.3 Å². The molecule has 84 valence electrons. The summed E-state index contributed by atoms with van der Waals surface area (Å²) in [5, 5.41) is 9.28. The smallest absolute Gasteiger partial charge is 0.103 e. The molecule has 2 heterocycles. The van der Waals surface area contributed by atoms with Crippen LogP contribution in [0, 0.1) is 17.2 Å². The number of ether oxygens (including phenoxy) is 1. The highest BCUT2D eigenvalue weighted by Gasteiger charge is 2.30. The van der Waals surface area contributed by atoms with Crippen LogP contribution in [0.25, 0.3) is 0 Å². The Morgan fingerprint density at radius 2 is 1.93 bits per heavy atom. The van der Waals surface area contributed by atoms with Crippen LogP contribution in [0.3, 0.4) is 0 Å². The molecule has 3 nitrogen and oxygen atoms in total. The molecular weight excluding hydrogens is 188 g/mol. The highest BCUT2D eigenvalue weighted by atomic mass is 16.5. The Labute approximate surface area is 92.0 Å². The Hall–Kier alpha value is -0.590. The summed E-state index contributed by atoms with van der Waals surface area (Å²) in [6, 6.07) is 2.59. The molecule has 2 unspecified atom stereocenters. The van der Waals surface area contributed by atoms with E-state index in [4.69, 9.17) is 4.74 Å². The van der Waals surface area contributed by atoms with Gasteiger partial charge in [0.1, 0.15) is 6.04 Å². The van der Waals surface area contributed by atoms with Gasteiger partial charge in [-0.3, -0.25) is 4.90 Å². The van der Waals surface area contributed by atoms with Gasteiger partial charge in [0.05, 0.1) is 12.7 Å². The molecule has 0 radical (unpaired) electrons. The number of rotatable bonds is 2. The lowest BCUT2D eigenvalue weighted by Crippen LogP contribution is -2.40. The van der Waals surface area contributed by atoms with Crippen molar-refractivity contribution >= 4 is 0 Å². The van der Waals surface area contributed by atoms with Crippen LogP contribution in [0.2, 0.25) is 0 Å². The average Bonchev–Trinajstić information content (AvgIpc) is 2.63. The van der Waals surface area contributed by atoms with E-state index < -0.39 is 0 Å². The molecule has 0 aromatic heterocycles. The minimum atomic E-state index is 0.102. The van der Waals surface area contributed by atoms with Gasteiger partial charge in [-0.1, -0.05) is 12.8 Å². The molecule has 0 N–H and O–H groups in total. The largest absolute Gasteiger partial charge is 0.381 e. The number of likely N-dealkylation sites (tertiary alicyclic amines) is 1. The standard InChI is InChI=1S/C12H20N2O/c13-9-12(11-5-8-15-10-11)14-6-3-1-2-4-7-14/h11-12H,1-8,10H2. The maximum atomic E-state index is 9.28. The number of nitriles is 1. The predicted molar refractivity (Wildman–Crippen MR) is 58.4 cm³/mol. The molecule has 2 aliphatic heterocycles. The monoisotopic (exact) mass is 208 g/mol.